The van der Waals surface area contributed by atoms with Gasteiger partial charge in [-0.2, -0.15) is 0 Å². The predicted octanol–water partition coefficient (Wildman–Crippen LogP) is 5.05. The smallest absolute Gasteiger partial charge is 0.328 e. The fraction of sp³-hybridized carbons (Fsp3) is 0.219. The van der Waals surface area contributed by atoms with Crippen molar-refractivity contribution < 1.29 is 19.1 Å². The zero-order valence-electron chi connectivity index (χ0n) is 21.8. The van der Waals surface area contributed by atoms with Crippen LogP contribution in [-0.4, -0.2) is 21.4 Å². The molecule has 7 nitrogen and oxygen atoms in total. The minimum absolute atomic E-state index is 0.0251. The van der Waals surface area contributed by atoms with Gasteiger partial charge in [-0.1, -0.05) is 55.3 Å². The van der Waals surface area contributed by atoms with Gasteiger partial charge in [0.25, 0.3) is 5.56 Å². The van der Waals surface area contributed by atoms with Crippen LogP contribution >= 0.6 is 0 Å². The van der Waals surface area contributed by atoms with Crippen molar-refractivity contribution in [3.05, 3.63) is 129 Å². The third-order valence-electron chi connectivity index (χ3n) is 7.78. The molecule has 1 fully saturated rings. The largest absolute Gasteiger partial charge is 0.480 e. The second-order valence-electron chi connectivity index (χ2n) is 10.1. The zero-order valence-corrected chi connectivity index (χ0v) is 21.8. The van der Waals surface area contributed by atoms with Crippen LogP contribution in [-0.2, 0) is 16.9 Å². The maximum Gasteiger partial charge on any atom is 0.328 e. The lowest BCUT2D eigenvalue weighted by atomic mass is 9.76. The van der Waals surface area contributed by atoms with Crippen molar-refractivity contribution in [2.45, 2.75) is 37.8 Å². The Balaban J connectivity index is 1.42. The lowest BCUT2D eigenvalue weighted by Crippen LogP contribution is -2.53. The Morgan fingerprint density at radius 2 is 1.57 bits per heavy atom. The highest BCUT2D eigenvalue weighted by molar-refractivity contribution is 6.11. The number of nitrogens with zero attached hydrogens (tertiary/aromatic N) is 1. The molecular formula is C32H30FN3O4. The van der Waals surface area contributed by atoms with E-state index < -0.39 is 28.7 Å². The standard InChI is InChI=1S/C32H30FN3O4/c33-25-14-12-22(13-15-25)29(38)27-18-19-28(37)36(30(27)34)26-16-10-21(11-17-26)20-35-32(31(39)40,24-8-4-5-9-24)23-6-2-1-3-7-23/h1-3,6-7,10-19,24,35H,4-5,8-9,20,34H2,(H,39,40)/t32-/m1/s1. The second-order valence-corrected chi connectivity index (χ2v) is 10.1. The van der Waals surface area contributed by atoms with Crippen molar-refractivity contribution in [1.29, 1.82) is 0 Å². The highest BCUT2D eigenvalue weighted by Gasteiger charge is 2.47. The number of carboxylic acid groups (broad SMARTS) is 1. The fourth-order valence-corrected chi connectivity index (χ4v) is 5.69. The van der Waals surface area contributed by atoms with E-state index in [1.165, 1.54) is 41.0 Å². The van der Waals surface area contributed by atoms with Crippen LogP contribution in [0.1, 0.15) is 52.7 Å². The van der Waals surface area contributed by atoms with Crippen molar-refractivity contribution in [2.75, 3.05) is 5.73 Å². The number of rotatable bonds is 9. The van der Waals surface area contributed by atoms with Crippen LogP contribution in [0, 0.1) is 11.7 Å². The van der Waals surface area contributed by atoms with Gasteiger partial charge in [-0.15, -0.1) is 0 Å². The van der Waals surface area contributed by atoms with Gasteiger partial charge < -0.3 is 10.8 Å². The molecule has 0 saturated heterocycles. The number of ketones is 1. The van der Waals surface area contributed by atoms with Crippen LogP contribution in [0.5, 0.6) is 0 Å². The Morgan fingerprint density at radius 3 is 2.20 bits per heavy atom. The Hall–Kier alpha value is -4.56. The Labute approximate surface area is 231 Å². The summed E-state index contributed by atoms with van der Waals surface area (Å²) in [4.78, 5) is 38.6. The number of benzene rings is 3. The number of anilines is 1. The quantitative estimate of drug-likeness (QED) is 0.257. The molecular weight excluding hydrogens is 509 g/mol. The topological polar surface area (TPSA) is 114 Å². The number of halogens is 1. The van der Waals surface area contributed by atoms with Crippen molar-refractivity contribution in [1.82, 2.24) is 9.88 Å². The minimum atomic E-state index is -1.22. The summed E-state index contributed by atoms with van der Waals surface area (Å²) in [5, 5.41) is 13.8. The van der Waals surface area contributed by atoms with Gasteiger partial charge in [-0.05, 0) is 72.4 Å². The van der Waals surface area contributed by atoms with Gasteiger partial charge in [0.1, 0.15) is 17.2 Å². The van der Waals surface area contributed by atoms with Crippen LogP contribution in [0.4, 0.5) is 10.2 Å². The first-order valence-corrected chi connectivity index (χ1v) is 13.3. The first-order valence-electron chi connectivity index (χ1n) is 13.3. The van der Waals surface area contributed by atoms with Crippen molar-refractivity contribution in [3.63, 3.8) is 0 Å². The molecule has 0 amide bonds. The molecule has 3 aromatic carbocycles. The maximum absolute atomic E-state index is 13.3. The third-order valence-corrected chi connectivity index (χ3v) is 7.78. The lowest BCUT2D eigenvalue weighted by molar-refractivity contribution is -0.148. The van der Waals surface area contributed by atoms with E-state index in [0.717, 1.165) is 36.8 Å². The summed E-state index contributed by atoms with van der Waals surface area (Å²) in [6.45, 7) is 0.297. The average molecular weight is 540 g/mol. The molecule has 0 radical (unpaired) electrons. The van der Waals surface area contributed by atoms with Gasteiger partial charge >= 0.3 is 5.97 Å². The van der Waals surface area contributed by atoms with Crippen LogP contribution in [0.25, 0.3) is 5.69 Å². The molecule has 1 atom stereocenters. The van der Waals surface area contributed by atoms with Crippen molar-refractivity contribution >= 4 is 17.6 Å². The number of carbonyl (C=O) groups is 2. The summed E-state index contributed by atoms with van der Waals surface area (Å²) in [6.07, 6.45) is 3.67. The van der Waals surface area contributed by atoms with Gasteiger partial charge in [-0.3, -0.25) is 19.5 Å². The van der Waals surface area contributed by atoms with Gasteiger partial charge in [0.15, 0.2) is 5.78 Å². The molecule has 1 aliphatic rings. The van der Waals surface area contributed by atoms with Gasteiger partial charge in [0.2, 0.25) is 0 Å². The molecule has 204 valence electrons. The first-order chi connectivity index (χ1) is 19.3. The monoisotopic (exact) mass is 539 g/mol. The molecule has 1 heterocycles. The number of aliphatic carboxylic acids is 1. The van der Waals surface area contributed by atoms with Gasteiger partial charge in [0.05, 0.1) is 11.3 Å². The number of hydrogen-bond donors (Lipinski definition) is 3. The van der Waals surface area contributed by atoms with Crippen LogP contribution in [0.2, 0.25) is 0 Å². The molecule has 0 bridgehead atoms. The summed E-state index contributed by atoms with van der Waals surface area (Å²) in [7, 11) is 0. The fourth-order valence-electron chi connectivity index (χ4n) is 5.69. The lowest BCUT2D eigenvalue weighted by Gasteiger charge is -2.37. The molecule has 1 aliphatic carbocycles. The zero-order chi connectivity index (χ0) is 28.3. The molecule has 5 rings (SSSR count). The van der Waals surface area contributed by atoms with E-state index in [1.54, 1.807) is 24.3 Å². The van der Waals surface area contributed by atoms with Crippen LogP contribution < -0.4 is 16.6 Å². The SMILES string of the molecule is Nc1c(C(=O)c2ccc(F)cc2)ccc(=O)n1-c1ccc(CN[C@](C(=O)O)(c2ccccc2)C2CCCC2)cc1. The number of pyridine rings is 1. The summed E-state index contributed by atoms with van der Waals surface area (Å²) in [5.41, 5.74) is 7.07. The van der Waals surface area contributed by atoms with E-state index in [9.17, 15) is 23.9 Å². The number of nitrogens with one attached hydrogen (secondary N) is 1. The Morgan fingerprint density at radius 1 is 0.925 bits per heavy atom. The number of aromatic nitrogens is 1. The highest BCUT2D eigenvalue weighted by atomic mass is 19.1. The highest BCUT2D eigenvalue weighted by Crippen LogP contribution is 2.41. The molecule has 8 heteroatoms. The van der Waals surface area contributed by atoms with Crippen molar-refractivity contribution in [3.8, 4) is 5.69 Å². The number of carboxylic acids is 1. The summed E-state index contributed by atoms with van der Waals surface area (Å²) < 4.78 is 14.6. The summed E-state index contributed by atoms with van der Waals surface area (Å²) in [6, 6.07) is 24.1. The molecule has 0 unspecified atom stereocenters. The Kier molecular flexibility index (Phi) is 7.62. The van der Waals surface area contributed by atoms with Gasteiger partial charge in [0, 0.05) is 18.2 Å². The molecule has 4 aromatic rings. The molecule has 1 aromatic heterocycles. The van der Waals surface area contributed by atoms with Gasteiger partial charge in [-0.25, -0.2) is 9.18 Å². The maximum atomic E-state index is 13.3. The molecule has 0 aliphatic heterocycles. The van der Waals surface area contributed by atoms with Crippen molar-refractivity contribution in [2.24, 2.45) is 5.92 Å². The third kappa shape index (κ3) is 5.05. The normalized spacial score (nSPS) is 15.0. The van der Waals surface area contributed by atoms with E-state index in [1.807, 2.05) is 30.3 Å². The number of hydrogen-bond acceptors (Lipinski definition) is 5. The van der Waals surface area contributed by atoms with E-state index in [2.05, 4.69) is 5.32 Å². The van der Waals surface area contributed by atoms with E-state index in [4.69, 9.17) is 5.73 Å². The molecule has 1 saturated carbocycles. The van der Waals surface area contributed by atoms with E-state index in [-0.39, 0.29) is 22.9 Å². The predicted molar refractivity (Wildman–Crippen MR) is 151 cm³/mol. The number of carbonyl (C=O) groups excluding carboxylic acids is 1. The van der Waals surface area contributed by atoms with E-state index in [0.29, 0.717) is 12.2 Å². The summed E-state index contributed by atoms with van der Waals surface area (Å²) >= 11 is 0. The minimum Gasteiger partial charge on any atom is -0.480 e. The average Bonchev–Trinajstić information content (AvgIpc) is 3.50. The number of nitrogen functional groups attached to an aromatic ring is 1. The molecule has 4 N–H and O–H groups in total. The van der Waals surface area contributed by atoms with Crippen LogP contribution in [0.3, 0.4) is 0 Å². The number of nitrogens with two attached hydrogens (primary N) is 1. The summed E-state index contributed by atoms with van der Waals surface area (Å²) in [5.74, 6) is -1.85. The van der Waals surface area contributed by atoms with E-state index >= 15 is 0 Å². The molecule has 40 heavy (non-hydrogen) atoms. The Bertz CT molecular complexity index is 1580. The second kappa shape index (κ2) is 11.3. The first kappa shape index (κ1) is 27.0. The van der Waals surface area contributed by atoms with Crippen LogP contribution in [0.15, 0.2) is 95.8 Å². The molecule has 0 spiro atoms.